The Morgan fingerprint density at radius 3 is 2.29 bits per heavy atom. The number of allylic oxidation sites excluding steroid dienone is 4. The Labute approximate surface area is 255 Å². The summed E-state index contributed by atoms with van der Waals surface area (Å²) in [4.78, 5) is 26.8. The van der Waals surface area contributed by atoms with Crippen LogP contribution in [0.4, 0.5) is 0 Å². The van der Waals surface area contributed by atoms with Gasteiger partial charge in [-0.2, -0.15) is 11.2 Å². The van der Waals surface area contributed by atoms with Crippen molar-refractivity contribution in [2.45, 2.75) is 103 Å². The van der Waals surface area contributed by atoms with Crippen molar-refractivity contribution in [3.05, 3.63) is 29.2 Å². The maximum absolute atomic E-state index is 13.4. The van der Waals surface area contributed by atoms with E-state index in [-0.39, 0.29) is 55.7 Å². The van der Waals surface area contributed by atoms with Gasteiger partial charge in [-0.1, -0.05) is 90.0 Å². The van der Waals surface area contributed by atoms with Crippen molar-refractivity contribution in [3.63, 3.8) is 0 Å². The number of ether oxygens (including phenoxy) is 1. The average Bonchev–Trinajstić information content (AvgIpc) is 2.83. The van der Waals surface area contributed by atoms with Gasteiger partial charge in [0.15, 0.2) is 5.78 Å². The summed E-state index contributed by atoms with van der Waals surface area (Å²) in [6, 6.07) is 2.27. The third-order valence-corrected chi connectivity index (χ3v) is 15.6. The second-order valence-electron chi connectivity index (χ2n) is 14.8. The molecule has 0 N–H and O–H groups in total. The van der Waals surface area contributed by atoms with E-state index in [4.69, 9.17) is 4.74 Å². The van der Waals surface area contributed by atoms with E-state index in [0.717, 1.165) is 51.4 Å². The number of alkyl halides is 1. The fourth-order valence-electron chi connectivity index (χ4n) is 9.84. The van der Waals surface area contributed by atoms with Crippen LogP contribution in [0.2, 0.25) is 0 Å². The molecule has 0 spiro atoms. The van der Waals surface area contributed by atoms with E-state index >= 15 is 0 Å². The van der Waals surface area contributed by atoms with Crippen LogP contribution in [0.25, 0.3) is 0 Å². The number of methoxy groups -OCH3 is 1. The van der Waals surface area contributed by atoms with E-state index in [0.29, 0.717) is 11.5 Å². The number of halogens is 1. The average molecular weight is 624 g/mol. The van der Waals surface area contributed by atoms with Crippen LogP contribution in [0.3, 0.4) is 0 Å². The molecule has 0 heterocycles. The second kappa shape index (κ2) is 8.90. The summed E-state index contributed by atoms with van der Waals surface area (Å²) in [7, 11) is 1.54. The van der Waals surface area contributed by atoms with Crippen molar-refractivity contribution in [3.8, 4) is 6.07 Å². The van der Waals surface area contributed by atoms with Crippen molar-refractivity contribution in [2.75, 3.05) is 7.11 Å². The van der Waals surface area contributed by atoms with Gasteiger partial charge in [0.1, 0.15) is 6.07 Å². The minimum absolute atomic E-state index is 0. The van der Waals surface area contributed by atoms with E-state index in [1.165, 1.54) is 11.5 Å². The Kier molecular flexibility index (Phi) is 7.09. The number of rotatable bonds is 1. The monoisotopic (exact) mass is 623 g/mol. The Hall–Kier alpha value is -0.693. The SMILES string of the molecule is COC(=O)[C@]12CCC(C)(C)C[C-]1C1=CCC3[C@@]4(C)C=C(C#N)C(=O)C(C)(C)[C@]4(I)CC[C@@]3(C)[C@]1(C)CC2.[Li+]. The first-order chi connectivity index (χ1) is 17.0. The molecule has 5 rings (SSSR count). The molecule has 5 aliphatic rings. The number of fused-ring (bicyclic) bond motifs is 7. The van der Waals surface area contributed by atoms with Gasteiger partial charge in [0.25, 0.3) is 5.97 Å². The summed E-state index contributed by atoms with van der Waals surface area (Å²) >= 11 is 2.60. The number of ketones is 1. The van der Waals surface area contributed by atoms with Crippen LogP contribution in [0.15, 0.2) is 23.3 Å². The van der Waals surface area contributed by atoms with Crippen LogP contribution in [0, 0.1) is 55.7 Å². The zero-order valence-electron chi connectivity index (χ0n) is 24.9. The third-order valence-electron chi connectivity index (χ3n) is 12.5. The maximum Gasteiger partial charge on any atom is 1.00 e. The first kappa shape index (κ1) is 30.3. The summed E-state index contributed by atoms with van der Waals surface area (Å²) in [6.45, 7) is 16.1. The molecule has 0 amide bonds. The van der Waals surface area contributed by atoms with Crippen molar-refractivity contribution in [1.82, 2.24) is 0 Å². The molecular formula is C32H43ILiNO3. The number of esters is 1. The van der Waals surface area contributed by atoms with Gasteiger partial charge in [-0.05, 0) is 60.7 Å². The Morgan fingerprint density at radius 2 is 1.68 bits per heavy atom. The van der Waals surface area contributed by atoms with Gasteiger partial charge in [0.2, 0.25) is 0 Å². The third kappa shape index (κ3) is 3.42. The number of Topliss-reactive ketones (excluding diaryl/α,β-unsaturated/α-hetero) is 1. The molecule has 0 aromatic carbocycles. The number of nitrogens with zero attached hydrogens (tertiary/aromatic N) is 1. The molecule has 0 aliphatic heterocycles. The van der Waals surface area contributed by atoms with E-state index in [9.17, 15) is 14.9 Å². The van der Waals surface area contributed by atoms with Gasteiger partial charge in [-0.15, -0.1) is 0 Å². The molecule has 0 aromatic heterocycles. The zero-order chi connectivity index (χ0) is 27.4. The maximum atomic E-state index is 13.4. The van der Waals surface area contributed by atoms with Gasteiger partial charge in [-0.3, -0.25) is 9.59 Å². The van der Waals surface area contributed by atoms with Crippen LogP contribution in [-0.4, -0.2) is 22.3 Å². The smallest absolute Gasteiger partial charge is 0.469 e. The minimum Gasteiger partial charge on any atom is -0.469 e. The van der Waals surface area contributed by atoms with E-state index in [1.54, 1.807) is 7.11 Å². The van der Waals surface area contributed by atoms with Gasteiger partial charge in [-0.25, -0.2) is 11.6 Å². The molecule has 3 fully saturated rings. The standard InChI is InChI=1S/C32H43INO3.Li/c1-26(2)11-14-31(25(36)37-8)15-12-28(5)21(22(31)18-26)9-10-23-29(28,6)13-16-32(33)27(3,4)24(35)20(19-34)17-30(23,32)7;/h9,17,23H,10-16,18H2,1-8H3;/q-1;+1/t23?,28-,29-,30-,31+,32-;/m1./s1. The Bertz CT molecular complexity index is 1180. The Balaban J connectivity index is 0.00000336. The second-order valence-corrected chi connectivity index (χ2v) is 16.6. The van der Waals surface area contributed by atoms with E-state index < -0.39 is 10.8 Å². The summed E-state index contributed by atoms with van der Waals surface area (Å²) in [5.41, 5.74) is 0.449. The van der Waals surface area contributed by atoms with Crippen molar-refractivity contribution >= 4 is 34.3 Å². The van der Waals surface area contributed by atoms with Gasteiger partial charge < -0.3 is 4.74 Å². The number of carbonyl (C=O) groups is 2. The molecular weight excluding hydrogens is 580 g/mol. The largest absolute Gasteiger partial charge is 1.00 e. The molecule has 0 bridgehead atoms. The summed E-state index contributed by atoms with van der Waals surface area (Å²) < 4.78 is 5.20. The quantitative estimate of drug-likeness (QED) is 0.140. The molecule has 0 radical (unpaired) electrons. The number of carbonyl (C=O) groups excluding carboxylic acids is 2. The van der Waals surface area contributed by atoms with Gasteiger partial charge in [0.05, 0.1) is 12.7 Å². The molecule has 6 atom stereocenters. The van der Waals surface area contributed by atoms with Crippen LogP contribution in [-0.2, 0) is 14.3 Å². The van der Waals surface area contributed by atoms with Gasteiger partial charge >= 0.3 is 18.9 Å². The normalized spacial score (nSPS) is 44.5. The molecule has 38 heavy (non-hydrogen) atoms. The van der Waals surface area contributed by atoms with Gasteiger partial charge in [0, 0.05) is 19.7 Å². The summed E-state index contributed by atoms with van der Waals surface area (Å²) in [5.74, 6) is 1.58. The first-order valence-electron chi connectivity index (χ1n) is 14.0. The molecule has 6 heteroatoms. The molecule has 0 aromatic rings. The first-order valence-corrected chi connectivity index (χ1v) is 15.1. The number of hydrogen-bond donors (Lipinski definition) is 0. The number of hydrogen-bond acceptors (Lipinski definition) is 4. The van der Waals surface area contributed by atoms with E-state index in [1.807, 2.05) is 0 Å². The summed E-state index contributed by atoms with van der Waals surface area (Å²) in [5, 5.41) is 9.96. The van der Waals surface area contributed by atoms with Crippen molar-refractivity contribution < 1.29 is 33.2 Å². The molecule has 5 aliphatic carbocycles. The van der Waals surface area contributed by atoms with Crippen LogP contribution in [0.5, 0.6) is 0 Å². The van der Waals surface area contributed by atoms with Crippen LogP contribution < -0.4 is 18.9 Å². The molecule has 1 unspecified atom stereocenters. The molecule has 0 saturated heterocycles. The van der Waals surface area contributed by atoms with Crippen molar-refractivity contribution in [1.29, 1.82) is 5.26 Å². The van der Waals surface area contributed by atoms with Crippen LogP contribution in [0.1, 0.15) is 99.8 Å². The molecule has 3 saturated carbocycles. The fraction of sp³-hybridized carbons (Fsp3) is 0.750. The topological polar surface area (TPSA) is 67.2 Å². The molecule has 202 valence electrons. The van der Waals surface area contributed by atoms with Crippen molar-refractivity contribution in [2.24, 2.45) is 38.4 Å². The predicted molar refractivity (Wildman–Crippen MR) is 154 cm³/mol. The summed E-state index contributed by atoms with van der Waals surface area (Å²) in [6.07, 6.45) is 12.1. The predicted octanol–water partition coefficient (Wildman–Crippen LogP) is 4.72. The van der Waals surface area contributed by atoms with Crippen LogP contribution >= 0.6 is 22.6 Å². The fourth-order valence-corrected chi connectivity index (χ4v) is 10.9. The number of nitriles is 1. The Morgan fingerprint density at radius 1 is 1.05 bits per heavy atom. The molecule has 4 nitrogen and oxygen atoms in total. The minimum atomic E-state index is -0.608. The van der Waals surface area contributed by atoms with E-state index in [2.05, 4.69) is 89.3 Å². The zero-order valence-corrected chi connectivity index (χ0v) is 27.1.